The molecule has 0 N–H and O–H groups in total. The van der Waals surface area contributed by atoms with Crippen molar-refractivity contribution in [3.8, 4) is 0 Å². The minimum atomic E-state index is -0.662. The lowest BCUT2D eigenvalue weighted by molar-refractivity contribution is 0.411. The molecule has 0 unspecified atom stereocenters. The molecule has 90 valence electrons. The van der Waals surface area contributed by atoms with Crippen LogP contribution in [0.3, 0.4) is 0 Å². The van der Waals surface area contributed by atoms with Crippen molar-refractivity contribution in [3.63, 3.8) is 0 Å². The average molecular weight is 226 g/mol. The van der Waals surface area contributed by atoms with Crippen LogP contribution in [0.1, 0.15) is 25.5 Å². The molecule has 0 bridgehead atoms. The van der Waals surface area contributed by atoms with Crippen molar-refractivity contribution >= 4 is 0 Å². The molecule has 1 rings (SSSR count). The van der Waals surface area contributed by atoms with Gasteiger partial charge in [0.1, 0.15) is 0 Å². The third kappa shape index (κ3) is 3.17. The molecule has 1 heterocycles. The maximum Gasteiger partial charge on any atom is 0.286 e. The minimum absolute atomic E-state index is 0.0127. The number of pyridine rings is 1. The van der Waals surface area contributed by atoms with Crippen molar-refractivity contribution < 1.29 is 4.39 Å². The molecule has 0 amide bonds. The van der Waals surface area contributed by atoms with Crippen molar-refractivity contribution in [2.75, 3.05) is 20.6 Å². The Morgan fingerprint density at radius 3 is 2.56 bits per heavy atom. The van der Waals surface area contributed by atoms with Crippen molar-refractivity contribution in [2.24, 2.45) is 0 Å². The summed E-state index contributed by atoms with van der Waals surface area (Å²) in [4.78, 5) is 13.5. The number of halogens is 1. The third-order valence-corrected chi connectivity index (χ3v) is 2.46. The van der Waals surface area contributed by atoms with Gasteiger partial charge >= 0.3 is 0 Å². The molecule has 4 heteroatoms. The maximum atomic E-state index is 13.4. The lowest BCUT2D eigenvalue weighted by Crippen LogP contribution is -2.25. The monoisotopic (exact) mass is 226 g/mol. The summed E-state index contributed by atoms with van der Waals surface area (Å²) < 4.78 is 14.8. The van der Waals surface area contributed by atoms with E-state index in [0.717, 1.165) is 18.5 Å². The van der Waals surface area contributed by atoms with E-state index in [1.165, 1.54) is 10.6 Å². The van der Waals surface area contributed by atoms with Crippen LogP contribution in [0.2, 0.25) is 0 Å². The molecule has 16 heavy (non-hydrogen) atoms. The molecular formula is C12H19FN2O. The standard InChI is InChI=1S/C12H19FN2O/c1-9(2)15-8-10(5-6-14(3)4)7-11(13)12(15)16/h7-9H,5-6H2,1-4H3. The number of hydrogen-bond donors (Lipinski definition) is 0. The van der Waals surface area contributed by atoms with Gasteiger partial charge in [-0.25, -0.2) is 4.39 Å². The largest absolute Gasteiger partial charge is 0.310 e. The Morgan fingerprint density at radius 1 is 1.44 bits per heavy atom. The highest BCUT2D eigenvalue weighted by Crippen LogP contribution is 2.06. The highest BCUT2D eigenvalue weighted by Gasteiger charge is 2.08. The first-order valence-corrected chi connectivity index (χ1v) is 5.47. The molecule has 0 aromatic carbocycles. The zero-order valence-corrected chi connectivity index (χ0v) is 10.3. The van der Waals surface area contributed by atoms with Gasteiger partial charge in [-0.2, -0.15) is 0 Å². The van der Waals surface area contributed by atoms with Gasteiger partial charge in [0.05, 0.1) is 0 Å². The highest BCUT2D eigenvalue weighted by molar-refractivity contribution is 5.12. The predicted molar refractivity (Wildman–Crippen MR) is 63.3 cm³/mol. The van der Waals surface area contributed by atoms with Crippen LogP contribution in [0.15, 0.2) is 17.1 Å². The quantitative estimate of drug-likeness (QED) is 0.780. The first kappa shape index (κ1) is 12.9. The molecule has 1 aromatic rings. The molecule has 0 saturated heterocycles. The summed E-state index contributed by atoms with van der Waals surface area (Å²) in [6.07, 6.45) is 2.50. The second kappa shape index (κ2) is 5.25. The van der Waals surface area contributed by atoms with Gasteiger partial charge < -0.3 is 9.47 Å². The van der Waals surface area contributed by atoms with Crippen LogP contribution in [0.4, 0.5) is 4.39 Å². The molecule has 0 spiro atoms. The fourth-order valence-corrected chi connectivity index (χ4v) is 1.50. The first-order chi connectivity index (χ1) is 7.41. The van der Waals surface area contributed by atoms with E-state index in [2.05, 4.69) is 0 Å². The number of aromatic nitrogens is 1. The van der Waals surface area contributed by atoms with Crippen LogP contribution in [0, 0.1) is 5.82 Å². The second-order valence-corrected chi connectivity index (χ2v) is 4.56. The van der Waals surface area contributed by atoms with Gasteiger partial charge in [0.25, 0.3) is 5.56 Å². The lowest BCUT2D eigenvalue weighted by Gasteiger charge is -2.13. The van der Waals surface area contributed by atoms with Crippen LogP contribution in [0.25, 0.3) is 0 Å². The topological polar surface area (TPSA) is 25.2 Å². The molecule has 0 aliphatic heterocycles. The van der Waals surface area contributed by atoms with Crippen molar-refractivity contribution in [2.45, 2.75) is 26.3 Å². The summed E-state index contributed by atoms with van der Waals surface area (Å²) in [7, 11) is 3.93. The Balaban J connectivity index is 3.00. The summed E-state index contributed by atoms with van der Waals surface area (Å²) in [5.74, 6) is -0.662. The van der Waals surface area contributed by atoms with Crippen molar-refractivity contribution in [1.82, 2.24) is 9.47 Å². The van der Waals surface area contributed by atoms with Gasteiger partial charge in [-0.15, -0.1) is 0 Å². The van der Waals surface area contributed by atoms with Crippen LogP contribution in [-0.2, 0) is 6.42 Å². The van der Waals surface area contributed by atoms with E-state index in [0.29, 0.717) is 0 Å². The van der Waals surface area contributed by atoms with E-state index < -0.39 is 11.4 Å². The molecule has 0 aliphatic carbocycles. The van der Waals surface area contributed by atoms with Gasteiger partial charge in [-0.1, -0.05) is 0 Å². The third-order valence-electron chi connectivity index (χ3n) is 2.46. The van der Waals surface area contributed by atoms with Crippen LogP contribution >= 0.6 is 0 Å². The van der Waals surface area contributed by atoms with Gasteiger partial charge in [0.2, 0.25) is 0 Å². The number of likely N-dealkylation sites (N-methyl/N-ethyl adjacent to an activating group) is 1. The maximum absolute atomic E-state index is 13.4. The molecule has 0 aliphatic rings. The fourth-order valence-electron chi connectivity index (χ4n) is 1.50. The SMILES string of the molecule is CC(C)n1cc(CCN(C)C)cc(F)c1=O. The van der Waals surface area contributed by atoms with E-state index in [-0.39, 0.29) is 6.04 Å². The molecule has 0 radical (unpaired) electrons. The van der Waals surface area contributed by atoms with Crippen LogP contribution < -0.4 is 5.56 Å². The Hall–Kier alpha value is -1.16. The minimum Gasteiger partial charge on any atom is -0.310 e. The van der Waals surface area contributed by atoms with E-state index in [1.807, 2.05) is 32.8 Å². The molecule has 0 atom stereocenters. The number of rotatable bonds is 4. The Kier molecular flexibility index (Phi) is 4.24. The molecule has 3 nitrogen and oxygen atoms in total. The Morgan fingerprint density at radius 2 is 2.06 bits per heavy atom. The molecule has 0 fully saturated rings. The fraction of sp³-hybridized carbons (Fsp3) is 0.583. The second-order valence-electron chi connectivity index (χ2n) is 4.56. The van der Waals surface area contributed by atoms with Crippen molar-refractivity contribution in [1.29, 1.82) is 0 Å². The van der Waals surface area contributed by atoms with Gasteiger partial charge in [-0.3, -0.25) is 4.79 Å². The van der Waals surface area contributed by atoms with E-state index >= 15 is 0 Å². The van der Waals surface area contributed by atoms with Crippen LogP contribution in [0.5, 0.6) is 0 Å². The Labute approximate surface area is 95.5 Å². The average Bonchev–Trinajstić information content (AvgIpc) is 2.19. The van der Waals surface area contributed by atoms with Gasteiger partial charge in [0.15, 0.2) is 5.82 Å². The summed E-state index contributed by atoms with van der Waals surface area (Å²) >= 11 is 0. The predicted octanol–water partition coefficient (Wildman–Crippen LogP) is 1.67. The molecule has 0 saturated carbocycles. The zero-order chi connectivity index (χ0) is 12.3. The first-order valence-electron chi connectivity index (χ1n) is 5.47. The number of hydrogen-bond acceptors (Lipinski definition) is 2. The summed E-state index contributed by atoms with van der Waals surface area (Å²) in [5.41, 5.74) is 0.322. The van der Waals surface area contributed by atoms with E-state index in [4.69, 9.17) is 0 Å². The Bertz CT molecular complexity index is 410. The molecule has 1 aromatic heterocycles. The van der Waals surface area contributed by atoms with E-state index in [1.54, 1.807) is 6.20 Å². The van der Waals surface area contributed by atoms with Crippen LogP contribution in [-0.4, -0.2) is 30.1 Å². The zero-order valence-electron chi connectivity index (χ0n) is 10.3. The molecular weight excluding hydrogens is 207 g/mol. The van der Waals surface area contributed by atoms with Gasteiger partial charge in [-0.05, 0) is 46.0 Å². The van der Waals surface area contributed by atoms with E-state index in [9.17, 15) is 9.18 Å². The number of nitrogens with zero attached hydrogens (tertiary/aromatic N) is 2. The summed E-state index contributed by atoms with van der Waals surface area (Å²) in [6.45, 7) is 4.59. The lowest BCUT2D eigenvalue weighted by atomic mass is 10.2. The normalized spacial score (nSPS) is 11.4. The van der Waals surface area contributed by atoms with Gasteiger partial charge in [0, 0.05) is 18.8 Å². The summed E-state index contributed by atoms with van der Waals surface area (Å²) in [5, 5.41) is 0. The summed E-state index contributed by atoms with van der Waals surface area (Å²) in [6, 6.07) is 1.33. The highest BCUT2D eigenvalue weighted by atomic mass is 19.1. The van der Waals surface area contributed by atoms with Crippen molar-refractivity contribution in [3.05, 3.63) is 34.0 Å². The smallest absolute Gasteiger partial charge is 0.286 e.